The number of para-hydroxylation sites is 1. The van der Waals surface area contributed by atoms with Gasteiger partial charge >= 0.3 is 0 Å². The van der Waals surface area contributed by atoms with Crippen LogP contribution in [0.5, 0.6) is 0 Å². The molecule has 6 heteroatoms. The maximum Gasteiger partial charge on any atom is 0.233 e. The number of amides is 1. The quantitative estimate of drug-likeness (QED) is 0.540. The van der Waals surface area contributed by atoms with Crippen molar-refractivity contribution in [3.05, 3.63) is 72.6 Å². The van der Waals surface area contributed by atoms with Gasteiger partial charge in [-0.3, -0.25) is 4.79 Å². The molecule has 1 heterocycles. The number of hydrogen-bond acceptors (Lipinski definition) is 4. The highest BCUT2D eigenvalue weighted by Gasteiger charge is 2.34. The molecule has 28 heavy (non-hydrogen) atoms. The Morgan fingerprint density at radius 1 is 1.14 bits per heavy atom. The lowest BCUT2D eigenvalue weighted by Gasteiger charge is -2.29. The molecule has 5 nitrogen and oxygen atoms in total. The van der Waals surface area contributed by atoms with Crippen LogP contribution in [0.3, 0.4) is 0 Å². The first kappa shape index (κ1) is 18.7. The van der Waals surface area contributed by atoms with Gasteiger partial charge in [-0.15, -0.1) is 5.10 Å². The second kappa shape index (κ2) is 8.61. The Bertz CT molecular complexity index is 909. The van der Waals surface area contributed by atoms with Gasteiger partial charge in [0.2, 0.25) is 11.1 Å². The van der Waals surface area contributed by atoms with Crippen LogP contribution in [0.25, 0.3) is 5.69 Å². The molecular formula is C22H24N4OS. The van der Waals surface area contributed by atoms with E-state index in [0.29, 0.717) is 23.4 Å². The van der Waals surface area contributed by atoms with Gasteiger partial charge < -0.3 is 4.90 Å². The minimum absolute atomic E-state index is 0.143. The van der Waals surface area contributed by atoms with Crippen LogP contribution in [0, 0.1) is 5.92 Å². The van der Waals surface area contributed by atoms with E-state index in [0.717, 1.165) is 5.69 Å². The number of thioether (sulfide) groups is 1. The molecule has 4 rings (SSSR count). The summed E-state index contributed by atoms with van der Waals surface area (Å²) >= 11 is 1.40. The minimum atomic E-state index is 0.143. The molecule has 2 aromatic carbocycles. The predicted molar refractivity (Wildman–Crippen MR) is 111 cm³/mol. The van der Waals surface area contributed by atoms with Crippen molar-refractivity contribution < 1.29 is 4.79 Å². The second-order valence-corrected chi connectivity index (χ2v) is 8.12. The van der Waals surface area contributed by atoms with Gasteiger partial charge in [-0.2, -0.15) is 0 Å². The van der Waals surface area contributed by atoms with E-state index in [-0.39, 0.29) is 11.9 Å². The maximum atomic E-state index is 13.0. The molecule has 1 aliphatic carbocycles. The highest BCUT2D eigenvalue weighted by Crippen LogP contribution is 2.36. The van der Waals surface area contributed by atoms with Crippen molar-refractivity contribution in [1.82, 2.24) is 19.7 Å². The van der Waals surface area contributed by atoms with Crippen molar-refractivity contribution in [3.8, 4) is 5.69 Å². The van der Waals surface area contributed by atoms with Gasteiger partial charge in [0.15, 0.2) is 0 Å². The lowest BCUT2D eigenvalue weighted by atomic mass is 10.1. The summed E-state index contributed by atoms with van der Waals surface area (Å²) in [7, 11) is 0. The average molecular weight is 393 g/mol. The molecule has 0 aliphatic heterocycles. The Morgan fingerprint density at radius 2 is 1.82 bits per heavy atom. The molecule has 0 unspecified atom stereocenters. The first-order valence-corrected chi connectivity index (χ1v) is 10.6. The number of hydrogen-bond donors (Lipinski definition) is 0. The van der Waals surface area contributed by atoms with Crippen molar-refractivity contribution in [2.75, 3.05) is 5.75 Å². The molecule has 1 fully saturated rings. The highest BCUT2D eigenvalue weighted by molar-refractivity contribution is 7.99. The fraction of sp³-hybridized carbons (Fsp3) is 0.318. The summed E-state index contributed by atoms with van der Waals surface area (Å²) < 4.78 is 1.74. The van der Waals surface area contributed by atoms with Crippen LogP contribution in [-0.4, -0.2) is 37.4 Å². The zero-order chi connectivity index (χ0) is 19.3. The Hall–Kier alpha value is -2.60. The minimum Gasteiger partial charge on any atom is -0.335 e. The van der Waals surface area contributed by atoms with E-state index < -0.39 is 0 Å². The molecule has 144 valence electrons. The molecule has 1 saturated carbocycles. The molecule has 3 aromatic rings. The Kier molecular flexibility index (Phi) is 5.76. The lowest BCUT2D eigenvalue weighted by Crippen LogP contribution is -2.40. The van der Waals surface area contributed by atoms with E-state index in [2.05, 4.69) is 29.1 Å². The molecule has 1 aromatic heterocycles. The van der Waals surface area contributed by atoms with Crippen LogP contribution in [0.15, 0.2) is 72.1 Å². The second-order valence-electron chi connectivity index (χ2n) is 7.18. The van der Waals surface area contributed by atoms with E-state index in [4.69, 9.17) is 0 Å². The van der Waals surface area contributed by atoms with Crippen LogP contribution >= 0.6 is 11.8 Å². The summed E-state index contributed by atoms with van der Waals surface area (Å²) in [6, 6.07) is 20.3. The van der Waals surface area contributed by atoms with Crippen molar-refractivity contribution in [2.45, 2.75) is 37.5 Å². The largest absolute Gasteiger partial charge is 0.335 e. The zero-order valence-corrected chi connectivity index (χ0v) is 16.8. The monoisotopic (exact) mass is 392 g/mol. The first-order valence-electron chi connectivity index (χ1n) is 9.64. The number of nitrogens with zero attached hydrogens (tertiary/aromatic N) is 4. The smallest absolute Gasteiger partial charge is 0.233 e. The van der Waals surface area contributed by atoms with E-state index >= 15 is 0 Å². The summed E-state index contributed by atoms with van der Waals surface area (Å²) in [5, 5.41) is 5.11. The summed E-state index contributed by atoms with van der Waals surface area (Å²) in [5.41, 5.74) is 2.13. The average Bonchev–Trinajstić information content (AvgIpc) is 3.49. The van der Waals surface area contributed by atoms with E-state index in [1.807, 2.05) is 53.4 Å². The normalized spacial score (nSPS) is 14.6. The molecule has 1 atom stereocenters. The number of rotatable bonds is 8. The summed E-state index contributed by atoms with van der Waals surface area (Å²) in [6.45, 7) is 2.83. The Labute approximate surface area is 169 Å². The lowest BCUT2D eigenvalue weighted by molar-refractivity contribution is -0.131. The molecule has 0 N–H and O–H groups in total. The molecule has 0 saturated heterocycles. The van der Waals surface area contributed by atoms with Gasteiger partial charge in [0.25, 0.3) is 0 Å². The van der Waals surface area contributed by atoms with Gasteiger partial charge in [0.05, 0.1) is 11.4 Å². The third-order valence-electron chi connectivity index (χ3n) is 5.13. The van der Waals surface area contributed by atoms with E-state index in [1.54, 1.807) is 11.0 Å². The molecule has 0 bridgehead atoms. The van der Waals surface area contributed by atoms with Gasteiger partial charge in [-0.1, -0.05) is 60.3 Å². The summed E-state index contributed by atoms with van der Waals surface area (Å²) in [6.07, 6.45) is 4.13. The summed E-state index contributed by atoms with van der Waals surface area (Å²) in [4.78, 5) is 19.4. The summed E-state index contributed by atoms with van der Waals surface area (Å²) in [5.74, 6) is 1.13. The van der Waals surface area contributed by atoms with Crippen molar-refractivity contribution >= 4 is 17.7 Å². The zero-order valence-electron chi connectivity index (χ0n) is 15.9. The van der Waals surface area contributed by atoms with Crippen molar-refractivity contribution in [2.24, 2.45) is 5.92 Å². The van der Waals surface area contributed by atoms with E-state index in [9.17, 15) is 4.79 Å². The molecule has 1 aliphatic rings. The van der Waals surface area contributed by atoms with Crippen LogP contribution in [-0.2, 0) is 11.3 Å². The third kappa shape index (κ3) is 4.62. The number of benzene rings is 2. The Morgan fingerprint density at radius 3 is 2.50 bits per heavy atom. The van der Waals surface area contributed by atoms with Crippen LogP contribution < -0.4 is 0 Å². The van der Waals surface area contributed by atoms with Crippen molar-refractivity contribution in [1.29, 1.82) is 0 Å². The fourth-order valence-electron chi connectivity index (χ4n) is 3.30. The van der Waals surface area contributed by atoms with Gasteiger partial charge in [-0.25, -0.2) is 9.67 Å². The molecule has 1 amide bonds. The highest BCUT2D eigenvalue weighted by atomic mass is 32.2. The Balaban J connectivity index is 1.41. The van der Waals surface area contributed by atoms with Gasteiger partial charge in [0.1, 0.15) is 6.33 Å². The first-order chi connectivity index (χ1) is 13.7. The fourth-order valence-corrected chi connectivity index (χ4v) is 3.99. The number of carbonyl (C=O) groups is 1. The third-order valence-corrected chi connectivity index (χ3v) is 5.96. The van der Waals surface area contributed by atoms with Crippen LogP contribution in [0.2, 0.25) is 0 Å². The standard InChI is InChI=1S/C22H24N4OS/c1-17(19-12-13-19)25(14-18-8-4-2-5-9-18)21(27)15-28-22-23-16-26(24-22)20-10-6-3-7-11-20/h2-11,16-17,19H,12-15H2,1H3/t17-/m1/s1. The predicted octanol–water partition coefficient (Wildman–Crippen LogP) is 4.19. The maximum absolute atomic E-state index is 13.0. The molecule has 0 radical (unpaired) electrons. The van der Waals surface area contributed by atoms with Crippen LogP contribution in [0.1, 0.15) is 25.3 Å². The molecular weight excluding hydrogens is 368 g/mol. The van der Waals surface area contributed by atoms with Gasteiger partial charge in [-0.05, 0) is 43.4 Å². The SMILES string of the molecule is C[C@H](C1CC1)N(Cc1ccccc1)C(=O)CSc1ncn(-c2ccccc2)n1. The van der Waals surface area contributed by atoms with Crippen molar-refractivity contribution in [3.63, 3.8) is 0 Å². The van der Waals surface area contributed by atoms with E-state index in [1.165, 1.54) is 30.2 Å². The molecule has 0 spiro atoms. The van der Waals surface area contributed by atoms with Gasteiger partial charge in [0, 0.05) is 12.6 Å². The number of carbonyl (C=O) groups excluding carboxylic acids is 1. The topological polar surface area (TPSA) is 51.0 Å². The van der Waals surface area contributed by atoms with Crippen LogP contribution in [0.4, 0.5) is 0 Å². The number of aromatic nitrogens is 3.